The number of carboxylic acid groups (broad SMARTS) is 1. The number of nitrogens with one attached hydrogen (secondary N) is 1. The second-order valence-electron chi connectivity index (χ2n) is 4.58. The van der Waals surface area contributed by atoms with Gasteiger partial charge in [0, 0.05) is 13.2 Å². The van der Waals surface area contributed by atoms with Gasteiger partial charge in [0.2, 0.25) is 0 Å². The summed E-state index contributed by atoms with van der Waals surface area (Å²) >= 11 is 0. The lowest BCUT2D eigenvalue weighted by Crippen LogP contribution is -2.52. The summed E-state index contributed by atoms with van der Waals surface area (Å²) in [6, 6.07) is 0. The fourth-order valence-corrected chi connectivity index (χ4v) is 1.93. The summed E-state index contributed by atoms with van der Waals surface area (Å²) in [5.74, 6) is -0.766. The number of carbonyl (C=O) groups is 1. The van der Waals surface area contributed by atoms with Crippen LogP contribution in [0.25, 0.3) is 0 Å². The minimum Gasteiger partial charge on any atom is -0.480 e. The van der Waals surface area contributed by atoms with E-state index >= 15 is 0 Å². The van der Waals surface area contributed by atoms with Gasteiger partial charge in [0.05, 0.1) is 13.2 Å². The fraction of sp³-hybridized carbons (Fsp3) is 0.929. The molecule has 0 aromatic heterocycles. The summed E-state index contributed by atoms with van der Waals surface area (Å²) in [5.41, 5.74) is -0.806. The average Bonchev–Trinajstić information content (AvgIpc) is 2.41. The molecular formula is C14H29NO4. The van der Waals surface area contributed by atoms with Crippen molar-refractivity contribution < 1.29 is 19.4 Å². The molecule has 0 aromatic carbocycles. The molecule has 0 aromatic rings. The zero-order valence-electron chi connectivity index (χ0n) is 12.5. The van der Waals surface area contributed by atoms with Gasteiger partial charge < -0.3 is 19.9 Å². The van der Waals surface area contributed by atoms with Crippen molar-refractivity contribution in [2.45, 2.75) is 52.0 Å². The van der Waals surface area contributed by atoms with Crippen molar-refractivity contribution in [3.05, 3.63) is 0 Å². The van der Waals surface area contributed by atoms with Crippen molar-refractivity contribution in [2.24, 2.45) is 0 Å². The van der Waals surface area contributed by atoms with E-state index in [2.05, 4.69) is 5.32 Å². The molecule has 0 aliphatic rings. The molecule has 0 saturated heterocycles. The lowest BCUT2D eigenvalue weighted by Gasteiger charge is -2.29. The first-order chi connectivity index (χ1) is 9.13. The number of ether oxygens (including phenoxy) is 2. The Morgan fingerprint density at radius 3 is 2.37 bits per heavy atom. The van der Waals surface area contributed by atoms with Crippen LogP contribution in [0.2, 0.25) is 0 Å². The normalized spacial score (nSPS) is 14.3. The van der Waals surface area contributed by atoms with E-state index in [1.165, 1.54) is 0 Å². The van der Waals surface area contributed by atoms with E-state index < -0.39 is 11.5 Å². The highest BCUT2D eigenvalue weighted by atomic mass is 16.5. The summed E-state index contributed by atoms with van der Waals surface area (Å²) < 4.78 is 10.6. The van der Waals surface area contributed by atoms with E-state index in [-0.39, 0.29) is 0 Å². The maximum absolute atomic E-state index is 11.4. The SMILES string of the molecule is CCCNC(CC)(CCCOCCOCC)C(=O)O. The second-order valence-corrected chi connectivity index (χ2v) is 4.58. The highest BCUT2D eigenvalue weighted by Gasteiger charge is 2.35. The Kier molecular flexibility index (Phi) is 10.8. The van der Waals surface area contributed by atoms with Crippen molar-refractivity contribution in [3.63, 3.8) is 0 Å². The predicted octanol–water partition coefficient (Wildman–Crippen LogP) is 2.05. The number of rotatable bonds is 13. The molecule has 0 heterocycles. The quantitative estimate of drug-likeness (QED) is 0.504. The molecule has 0 aliphatic carbocycles. The van der Waals surface area contributed by atoms with E-state index in [4.69, 9.17) is 9.47 Å². The van der Waals surface area contributed by atoms with Crippen LogP contribution in [0.4, 0.5) is 0 Å². The number of aliphatic carboxylic acids is 1. The first-order valence-corrected chi connectivity index (χ1v) is 7.26. The van der Waals surface area contributed by atoms with E-state index in [0.29, 0.717) is 39.3 Å². The second kappa shape index (κ2) is 11.2. The summed E-state index contributed by atoms with van der Waals surface area (Å²) in [6.07, 6.45) is 2.84. The van der Waals surface area contributed by atoms with Gasteiger partial charge >= 0.3 is 5.97 Å². The van der Waals surface area contributed by atoms with Crippen molar-refractivity contribution in [1.82, 2.24) is 5.32 Å². The first-order valence-electron chi connectivity index (χ1n) is 7.26. The molecule has 19 heavy (non-hydrogen) atoms. The van der Waals surface area contributed by atoms with Gasteiger partial charge in [-0.25, -0.2) is 0 Å². The van der Waals surface area contributed by atoms with E-state index in [9.17, 15) is 9.90 Å². The largest absolute Gasteiger partial charge is 0.480 e. The topological polar surface area (TPSA) is 67.8 Å². The van der Waals surface area contributed by atoms with E-state index in [1.807, 2.05) is 20.8 Å². The van der Waals surface area contributed by atoms with Gasteiger partial charge in [-0.3, -0.25) is 4.79 Å². The van der Waals surface area contributed by atoms with Crippen molar-refractivity contribution in [3.8, 4) is 0 Å². The monoisotopic (exact) mass is 275 g/mol. The van der Waals surface area contributed by atoms with Gasteiger partial charge in [-0.05, 0) is 39.2 Å². The van der Waals surface area contributed by atoms with Gasteiger partial charge in [-0.15, -0.1) is 0 Å². The van der Waals surface area contributed by atoms with Crippen LogP contribution in [0.1, 0.15) is 46.5 Å². The Morgan fingerprint density at radius 1 is 1.16 bits per heavy atom. The molecule has 1 atom stereocenters. The van der Waals surface area contributed by atoms with Gasteiger partial charge in [0.15, 0.2) is 0 Å². The molecular weight excluding hydrogens is 246 g/mol. The number of hydrogen-bond acceptors (Lipinski definition) is 4. The lowest BCUT2D eigenvalue weighted by atomic mass is 9.90. The molecule has 0 saturated carbocycles. The molecule has 0 spiro atoms. The molecule has 5 nitrogen and oxygen atoms in total. The Hall–Kier alpha value is -0.650. The van der Waals surface area contributed by atoms with Crippen molar-refractivity contribution >= 4 is 5.97 Å². The summed E-state index contributed by atoms with van der Waals surface area (Å²) in [5, 5.41) is 12.6. The lowest BCUT2D eigenvalue weighted by molar-refractivity contribution is -0.145. The molecule has 0 radical (unpaired) electrons. The van der Waals surface area contributed by atoms with Crippen LogP contribution < -0.4 is 5.32 Å². The Morgan fingerprint density at radius 2 is 1.84 bits per heavy atom. The van der Waals surface area contributed by atoms with Crippen LogP contribution in [0, 0.1) is 0 Å². The standard InChI is InChI=1S/C14H29NO4/c1-4-9-15-14(5-2,13(16)17)8-7-10-19-12-11-18-6-3/h15H,4-12H2,1-3H3,(H,16,17). The molecule has 2 N–H and O–H groups in total. The molecule has 0 amide bonds. The van der Waals surface area contributed by atoms with Crippen LogP contribution in [-0.4, -0.2) is 49.6 Å². The van der Waals surface area contributed by atoms with Crippen LogP contribution in [0.15, 0.2) is 0 Å². The van der Waals surface area contributed by atoms with Gasteiger partial charge in [0.25, 0.3) is 0 Å². The maximum Gasteiger partial charge on any atom is 0.323 e. The minimum atomic E-state index is -0.806. The molecule has 0 bridgehead atoms. The Labute approximate surface area is 116 Å². The molecule has 1 unspecified atom stereocenters. The average molecular weight is 275 g/mol. The summed E-state index contributed by atoms with van der Waals surface area (Å²) in [6.45, 7) is 9.06. The zero-order chi connectivity index (χ0) is 14.6. The first kappa shape index (κ1) is 18.4. The van der Waals surface area contributed by atoms with E-state index in [0.717, 1.165) is 19.4 Å². The fourth-order valence-electron chi connectivity index (χ4n) is 1.93. The van der Waals surface area contributed by atoms with Gasteiger partial charge in [-0.1, -0.05) is 13.8 Å². The van der Waals surface area contributed by atoms with E-state index in [1.54, 1.807) is 0 Å². The summed E-state index contributed by atoms with van der Waals surface area (Å²) in [4.78, 5) is 11.4. The van der Waals surface area contributed by atoms with Gasteiger partial charge in [0.1, 0.15) is 5.54 Å². The molecule has 0 rings (SSSR count). The third-order valence-electron chi connectivity index (χ3n) is 3.19. The zero-order valence-corrected chi connectivity index (χ0v) is 12.5. The molecule has 114 valence electrons. The predicted molar refractivity (Wildman–Crippen MR) is 75.5 cm³/mol. The van der Waals surface area contributed by atoms with Crippen LogP contribution >= 0.6 is 0 Å². The van der Waals surface area contributed by atoms with Gasteiger partial charge in [-0.2, -0.15) is 0 Å². The van der Waals surface area contributed by atoms with Crippen LogP contribution in [0.5, 0.6) is 0 Å². The smallest absolute Gasteiger partial charge is 0.323 e. The van der Waals surface area contributed by atoms with Crippen LogP contribution in [0.3, 0.4) is 0 Å². The molecule has 0 fully saturated rings. The Bertz CT molecular complexity index is 235. The maximum atomic E-state index is 11.4. The number of hydrogen-bond donors (Lipinski definition) is 2. The third-order valence-corrected chi connectivity index (χ3v) is 3.19. The number of carboxylic acids is 1. The third kappa shape index (κ3) is 7.50. The highest BCUT2D eigenvalue weighted by Crippen LogP contribution is 2.18. The van der Waals surface area contributed by atoms with Crippen LogP contribution in [-0.2, 0) is 14.3 Å². The minimum absolute atomic E-state index is 0.572. The Balaban J connectivity index is 3.95. The summed E-state index contributed by atoms with van der Waals surface area (Å²) in [7, 11) is 0. The van der Waals surface area contributed by atoms with Crippen molar-refractivity contribution in [1.29, 1.82) is 0 Å². The molecule has 5 heteroatoms. The highest BCUT2D eigenvalue weighted by molar-refractivity contribution is 5.78. The molecule has 0 aliphatic heterocycles. The van der Waals surface area contributed by atoms with Crippen molar-refractivity contribution in [2.75, 3.05) is 33.0 Å².